The third kappa shape index (κ3) is 4.04. The summed E-state index contributed by atoms with van der Waals surface area (Å²) in [6.45, 7) is 11.4. The van der Waals surface area contributed by atoms with E-state index >= 15 is 0 Å². The van der Waals surface area contributed by atoms with Crippen LogP contribution in [0.4, 0.5) is 0 Å². The van der Waals surface area contributed by atoms with Crippen molar-refractivity contribution in [3.8, 4) is 0 Å². The molecule has 2 aliphatic heterocycles. The molecule has 5 nitrogen and oxygen atoms in total. The van der Waals surface area contributed by atoms with Gasteiger partial charge in [0.1, 0.15) is 0 Å². The molecule has 0 amide bonds. The second-order valence-electron chi connectivity index (χ2n) is 4.24. The monoisotopic (exact) mass is 213 g/mol. The lowest BCUT2D eigenvalue weighted by atomic mass is 10.3. The van der Waals surface area contributed by atoms with Crippen LogP contribution in [0.5, 0.6) is 0 Å². The number of hydrazine groups is 1. The number of rotatable bonds is 4. The Kier molecular flexibility index (Phi) is 4.82. The molecule has 88 valence electrons. The van der Waals surface area contributed by atoms with E-state index < -0.39 is 0 Å². The van der Waals surface area contributed by atoms with E-state index in [1.165, 1.54) is 19.6 Å². The summed E-state index contributed by atoms with van der Waals surface area (Å²) in [5, 5.41) is 9.06. The summed E-state index contributed by atoms with van der Waals surface area (Å²) in [6.07, 6.45) is 0. The standard InChI is InChI=1S/C10H23N5/c1-6-14(7-2-11-1)8-5-13-15-9-3-12-4-10-15/h11-13H,1-10H2. The largest absolute Gasteiger partial charge is 0.314 e. The molecule has 0 bridgehead atoms. The number of nitrogens with one attached hydrogen (secondary N) is 3. The maximum absolute atomic E-state index is 3.50. The zero-order chi connectivity index (χ0) is 10.3. The lowest BCUT2D eigenvalue weighted by Crippen LogP contribution is -2.52. The van der Waals surface area contributed by atoms with Crippen LogP contribution in [0.3, 0.4) is 0 Å². The second kappa shape index (κ2) is 6.40. The fraction of sp³-hybridized carbons (Fsp3) is 1.00. The lowest BCUT2D eigenvalue weighted by Gasteiger charge is -2.31. The molecule has 0 radical (unpaired) electrons. The summed E-state index contributed by atoms with van der Waals surface area (Å²) >= 11 is 0. The lowest BCUT2D eigenvalue weighted by molar-refractivity contribution is 0.147. The summed E-state index contributed by atoms with van der Waals surface area (Å²) in [6, 6.07) is 0. The number of hydrogen-bond acceptors (Lipinski definition) is 5. The van der Waals surface area contributed by atoms with Gasteiger partial charge in [-0.3, -0.25) is 10.3 Å². The van der Waals surface area contributed by atoms with Crippen LogP contribution < -0.4 is 16.1 Å². The number of nitrogens with zero attached hydrogens (tertiary/aromatic N) is 2. The Hall–Kier alpha value is -0.200. The van der Waals surface area contributed by atoms with E-state index in [0.717, 1.165) is 45.8 Å². The highest BCUT2D eigenvalue weighted by Crippen LogP contribution is 1.91. The first-order valence-electron chi connectivity index (χ1n) is 6.07. The van der Waals surface area contributed by atoms with Crippen molar-refractivity contribution in [3.05, 3.63) is 0 Å². The molecule has 15 heavy (non-hydrogen) atoms. The van der Waals surface area contributed by atoms with Gasteiger partial charge < -0.3 is 10.6 Å². The molecule has 0 aliphatic carbocycles. The van der Waals surface area contributed by atoms with E-state index in [9.17, 15) is 0 Å². The van der Waals surface area contributed by atoms with E-state index in [4.69, 9.17) is 0 Å². The van der Waals surface area contributed by atoms with Gasteiger partial charge in [0.15, 0.2) is 0 Å². The predicted molar refractivity (Wildman–Crippen MR) is 61.8 cm³/mol. The summed E-state index contributed by atoms with van der Waals surface area (Å²) in [5.74, 6) is 0. The van der Waals surface area contributed by atoms with E-state index in [-0.39, 0.29) is 0 Å². The molecule has 0 aromatic carbocycles. The minimum absolute atomic E-state index is 1.08. The Morgan fingerprint density at radius 1 is 0.867 bits per heavy atom. The normalized spacial score (nSPS) is 25.6. The van der Waals surface area contributed by atoms with Gasteiger partial charge in [-0.25, -0.2) is 5.01 Å². The molecule has 2 rings (SSSR count). The summed E-state index contributed by atoms with van der Waals surface area (Å²) in [5.41, 5.74) is 3.50. The van der Waals surface area contributed by atoms with Crippen molar-refractivity contribution in [3.63, 3.8) is 0 Å². The van der Waals surface area contributed by atoms with Gasteiger partial charge in [-0.2, -0.15) is 0 Å². The smallest absolute Gasteiger partial charge is 0.0256 e. The summed E-state index contributed by atoms with van der Waals surface area (Å²) < 4.78 is 0. The molecule has 3 N–H and O–H groups in total. The Bertz CT molecular complexity index is 145. The van der Waals surface area contributed by atoms with Crippen molar-refractivity contribution in [2.45, 2.75) is 0 Å². The summed E-state index contributed by atoms with van der Waals surface area (Å²) in [4.78, 5) is 2.52. The highest BCUT2D eigenvalue weighted by atomic mass is 15.5. The van der Waals surface area contributed by atoms with Gasteiger partial charge >= 0.3 is 0 Å². The van der Waals surface area contributed by atoms with Crippen LogP contribution in [-0.4, -0.2) is 75.4 Å². The average Bonchev–Trinajstić information content (AvgIpc) is 2.32. The summed E-state index contributed by atoms with van der Waals surface area (Å²) in [7, 11) is 0. The zero-order valence-electron chi connectivity index (χ0n) is 9.47. The Labute approximate surface area is 92.2 Å². The highest BCUT2D eigenvalue weighted by Gasteiger charge is 2.11. The third-order valence-electron chi connectivity index (χ3n) is 3.09. The Balaban J connectivity index is 1.53. The van der Waals surface area contributed by atoms with Gasteiger partial charge in [-0.1, -0.05) is 0 Å². The molecular weight excluding hydrogens is 190 g/mol. The minimum atomic E-state index is 1.08. The van der Waals surface area contributed by atoms with Gasteiger partial charge in [0.05, 0.1) is 0 Å². The molecule has 5 heteroatoms. The first-order chi connectivity index (χ1) is 7.45. The van der Waals surface area contributed by atoms with Crippen molar-refractivity contribution in [2.75, 3.05) is 65.4 Å². The molecule has 0 saturated carbocycles. The fourth-order valence-corrected chi connectivity index (χ4v) is 2.12. The fourth-order valence-electron chi connectivity index (χ4n) is 2.12. The zero-order valence-corrected chi connectivity index (χ0v) is 9.47. The third-order valence-corrected chi connectivity index (χ3v) is 3.09. The van der Waals surface area contributed by atoms with E-state index in [2.05, 4.69) is 26.0 Å². The van der Waals surface area contributed by atoms with E-state index in [0.29, 0.717) is 0 Å². The van der Waals surface area contributed by atoms with Gasteiger partial charge in [0, 0.05) is 65.4 Å². The van der Waals surface area contributed by atoms with Gasteiger partial charge in [-0.15, -0.1) is 0 Å². The van der Waals surface area contributed by atoms with Crippen molar-refractivity contribution < 1.29 is 0 Å². The average molecular weight is 213 g/mol. The van der Waals surface area contributed by atoms with Gasteiger partial charge in [-0.05, 0) is 0 Å². The quantitative estimate of drug-likeness (QED) is 0.519. The van der Waals surface area contributed by atoms with Crippen LogP contribution in [0.15, 0.2) is 0 Å². The van der Waals surface area contributed by atoms with Crippen molar-refractivity contribution in [1.82, 2.24) is 26.0 Å². The first kappa shape index (κ1) is 11.3. The Morgan fingerprint density at radius 3 is 2.13 bits per heavy atom. The molecule has 2 heterocycles. The van der Waals surface area contributed by atoms with E-state index in [1.807, 2.05) is 0 Å². The van der Waals surface area contributed by atoms with Crippen molar-refractivity contribution in [1.29, 1.82) is 0 Å². The molecule has 2 aliphatic rings. The van der Waals surface area contributed by atoms with Crippen LogP contribution in [0.25, 0.3) is 0 Å². The maximum Gasteiger partial charge on any atom is 0.0256 e. The molecule has 2 fully saturated rings. The first-order valence-corrected chi connectivity index (χ1v) is 6.07. The molecule has 0 unspecified atom stereocenters. The van der Waals surface area contributed by atoms with Crippen molar-refractivity contribution >= 4 is 0 Å². The van der Waals surface area contributed by atoms with Gasteiger partial charge in [0.2, 0.25) is 0 Å². The molecular formula is C10H23N5. The number of piperazine rings is 2. The number of hydrogen-bond donors (Lipinski definition) is 3. The SMILES string of the molecule is C1CN(CCNN2CCNCC2)CCN1. The minimum Gasteiger partial charge on any atom is -0.314 e. The predicted octanol–water partition coefficient (Wildman–Crippen LogP) is -1.70. The molecule has 0 aromatic rings. The molecule has 0 aromatic heterocycles. The molecule has 0 atom stereocenters. The topological polar surface area (TPSA) is 42.6 Å². The van der Waals surface area contributed by atoms with Crippen LogP contribution in [0, 0.1) is 0 Å². The van der Waals surface area contributed by atoms with Crippen LogP contribution in [-0.2, 0) is 0 Å². The van der Waals surface area contributed by atoms with Gasteiger partial charge in [0.25, 0.3) is 0 Å². The van der Waals surface area contributed by atoms with Crippen LogP contribution >= 0.6 is 0 Å². The van der Waals surface area contributed by atoms with E-state index in [1.54, 1.807) is 0 Å². The Morgan fingerprint density at radius 2 is 1.47 bits per heavy atom. The maximum atomic E-state index is 3.50. The van der Waals surface area contributed by atoms with Crippen LogP contribution in [0.2, 0.25) is 0 Å². The highest BCUT2D eigenvalue weighted by molar-refractivity contribution is 4.69. The van der Waals surface area contributed by atoms with Crippen molar-refractivity contribution in [2.24, 2.45) is 0 Å². The molecule has 0 spiro atoms. The molecule has 2 saturated heterocycles. The van der Waals surface area contributed by atoms with Crippen LogP contribution in [0.1, 0.15) is 0 Å². The second-order valence-corrected chi connectivity index (χ2v) is 4.24.